The molecule has 0 aliphatic carbocycles. The third-order valence-corrected chi connectivity index (χ3v) is 3.46. The SMILES string of the molecule is CCC(C)[C@H](NCOC(C)(C)C)C(=O)ON1C(=O)CCC1=O. The van der Waals surface area contributed by atoms with Gasteiger partial charge in [-0.05, 0) is 26.7 Å². The summed E-state index contributed by atoms with van der Waals surface area (Å²) in [6.07, 6.45) is 0.908. The maximum absolute atomic E-state index is 12.3. The van der Waals surface area contributed by atoms with Crippen LogP contribution >= 0.6 is 0 Å². The predicted molar refractivity (Wildman–Crippen MR) is 79.3 cm³/mol. The van der Waals surface area contributed by atoms with Gasteiger partial charge in [-0.3, -0.25) is 14.9 Å². The monoisotopic (exact) mass is 314 g/mol. The van der Waals surface area contributed by atoms with E-state index < -0.39 is 23.8 Å². The summed E-state index contributed by atoms with van der Waals surface area (Å²) in [5, 5.41) is 3.56. The van der Waals surface area contributed by atoms with E-state index in [1.165, 1.54) is 0 Å². The summed E-state index contributed by atoms with van der Waals surface area (Å²) >= 11 is 0. The van der Waals surface area contributed by atoms with Gasteiger partial charge in [0.2, 0.25) is 0 Å². The Kier molecular flexibility index (Phi) is 6.49. The summed E-state index contributed by atoms with van der Waals surface area (Å²) in [5.41, 5.74) is -0.336. The number of nitrogens with zero attached hydrogens (tertiary/aromatic N) is 1. The standard InChI is InChI=1S/C15H26N2O5/c1-6-10(2)13(16-9-21-15(3,4)5)14(20)22-17-11(18)7-8-12(17)19/h10,13,16H,6-9H2,1-5H3/t10?,13-/m0/s1. The quantitative estimate of drug-likeness (QED) is 0.564. The Hall–Kier alpha value is -1.47. The van der Waals surface area contributed by atoms with Crippen LogP contribution in [0.4, 0.5) is 0 Å². The zero-order valence-electron chi connectivity index (χ0n) is 14.0. The molecule has 0 aromatic heterocycles. The highest BCUT2D eigenvalue weighted by Crippen LogP contribution is 2.16. The van der Waals surface area contributed by atoms with Gasteiger partial charge in [-0.25, -0.2) is 4.79 Å². The Balaban J connectivity index is 2.64. The molecule has 2 amide bonds. The van der Waals surface area contributed by atoms with Crippen molar-refractivity contribution < 1.29 is 24.0 Å². The average Bonchev–Trinajstić information content (AvgIpc) is 2.73. The van der Waals surface area contributed by atoms with Crippen molar-refractivity contribution >= 4 is 17.8 Å². The van der Waals surface area contributed by atoms with Crippen molar-refractivity contribution in [1.29, 1.82) is 0 Å². The number of nitrogens with one attached hydrogen (secondary N) is 1. The third kappa shape index (κ3) is 5.38. The van der Waals surface area contributed by atoms with E-state index in [0.717, 1.165) is 6.42 Å². The van der Waals surface area contributed by atoms with E-state index in [9.17, 15) is 14.4 Å². The number of carbonyl (C=O) groups is 3. The second kappa shape index (κ2) is 7.69. The summed E-state index contributed by atoms with van der Waals surface area (Å²) in [6.45, 7) is 9.75. The van der Waals surface area contributed by atoms with Gasteiger partial charge in [0.05, 0.1) is 12.3 Å². The van der Waals surface area contributed by atoms with Gasteiger partial charge >= 0.3 is 5.97 Å². The Morgan fingerprint density at radius 1 is 1.27 bits per heavy atom. The molecule has 7 nitrogen and oxygen atoms in total. The molecular formula is C15H26N2O5. The van der Waals surface area contributed by atoms with Crippen LogP contribution in [-0.2, 0) is 24.0 Å². The number of ether oxygens (including phenoxy) is 1. The van der Waals surface area contributed by atoms with E-state index in [2.05, 4.69) is 5.32 Å². The van der Waals surface area contributed by atoms with Crippen LogP contribution in [0.15, 0.2) is 0 Å². The van der Waals surface area contributed by atoms with E-state index in [-0.39, 0.29) is 31.1 Å². The molecule has 1 N–H and O–H groups in total. The van der Waals surface area contributed by atoms with Gasteiger partial charge in [-0.15, -0.1) is 5.06 Å². The Bertz CT molecular complexity index is 414. The number of amides is 2. The van der Waals surface area contributed by atoms with Gasteiger partial charge in [-0.1, -0.05) is 20.3 Å². The Labute approximate surface area is 131 Å². The molecular weight excluding hydrogens is 288 g/mol. The molecule has 1 aliphatic rings. The van der Waals surface area contributed by atoms with Crippen molar-refractivity contribution in [3.63, 3.8) is 0 Å². The van der Waals surface area contributed by atoms with Crippen molar-refractivity contribution in [1.82, 2.24) is 10.4 Å². The summed E-state index contributed by atoms with van der Waals surface area (Å²) in [4.78, 5) is 40.3. The average molecular weight is 314 g/mol. The molecule has 1 unspecified atom stereocenters. The van der Waals surface area contributed by atoms with Gasteiger partial charge in [-0.2, -0.15) is 0 Å². The molecule has 0 spiro atoms. The summed E-state index contributed by atoms with van der Waals surface area (Å²) in [7, 11) is 0. The van der Waals surface area contributed by atoms with Crippen LogP contribution in [0, 0.1) is 5.92 Å². The number of hydrogen-bond donors (Lipinski definition) is 1. The second-order valence-electron chi connectivity index (χ2n) is 6.46. The lowest BCUT2D eigenvalue weighted by molar-refractivity contribution is -0.200. The van der Waals surface area contributed by atoms with Crippen LogP contribution in [0.5, 0.6) is 0 Å². The molecule has 1 fully saturated rings. The summed E-state index contributed by atoms with van der Waals surface area (Å²) in [5.74, 6) is -1.63. The van der Waals surface area contributed by atoms with Gasteiger partial charge in [0, 0.05) is 12.8 Å². The zero-order valence-corrected chi connectivity index (χ0v) is 14.0. The predicted octanol–water partition coefficient (Wildman–Crippen LogP) is 1.37. The van der Waals surface area contributed by atoms with Crippen molar-refractivity contribution in [2.45, 2.75) is 65.5 Å². The molecule has 2 atom stereocenters. The molecule has 7 heteroatoms. The number of imide groups is 1. The number of rotatable bonds is 7. The normalized spacial score (nSPS) is 18.5. The highest BCUT2D eigenvalue weighted by molar-refractivity contribution is 6.01. The van der Waals surface area contributed by atoms with Crippen LogP contribution in [0.1, 0.15) is 53.9 Å². The van der Waals surface area contributed by atoms with Gasteiger partial charge < -0.3 is 9.57 Å². The smallest absolute Gasteiger partial charge is 0.350 e. The minimum absolute atomic E-state index is 0.0242. The van der Waals surface area contributed by atoms with Crippen molar-refractivity contribution in [3.8, 4) is 0 Å². The zero-order chi connectivity index (χ0) is 16.9. The van der Waals surface area contributed by atoms with Crippen LogP contribution in [0.25, 0.3) is 0 Å². The van der Waals surface area contributed by atoms with Crippen molar-refractivity contribution in [3.05, 3.63) is 0 Å². The van der Waals surface area contributed by atoms with E-state index in [1.54, 1.807) is 0 Å². The van der Waals surface area contributed by atoms with E-state index in [0.29, 0.717) is 5.06 Å². The largest absolute Gasteiger partial charge is 0.361 e. The van der Waals surface area contributed by atoms with E-state index in [4.69, 9.17) is 9.57 Å². The lowest BCUT2D eigenvalue weighted by Crippen LogP contribution is -2.47. The number of hydrogen-bond acceptors (Lipinski definition) is 6. The summed E-state index contributed by atoms with van der Waals surface area (Å²) in [6, 6.07) is -0.645. The molecule has 1 rings (SSSR count). The van der Waals surface area contributed by atoms with Crippen molar-refractivity contribution in [2.24, 2.45) is 5.92 Å². The number of carbonyl (C=O) groups excluding carboxylic acids is 3. The van der Waals surface area contributed by atoms with Crippen LogP contribution in [-0.4, -0.2) is 41.2 Å². The molecule has 0 bridgehead atoms. The minimum Gasteiger partial charge on any atom is -0.361 e. The first-order valence-electron chi connectivity index (χ1n) is 7.60. The van der Waals surface area contributed by atoms with E-state index in [1.807, 2.05) is 34.6 Å². The van der Waals surface area contributed by atoms with Gasteiger partial charge in [0.15, 0.2) is 0 Å². The second-order valence-corrected chi connectivity index (χ2v) is 6.46. The Morgan fingerprint density at radius 2 is 1.82 bits per heavy atom. The molecule has 1 saturated heterocycles. The molecule has 1 heterocycles. The van der Waals surface area contributed by atoms with E-state index >= 15 is 0 Å². The molecule has 0 aromatic rings. The molecule has 0 saturated carbocycles. The van der Waals surface area contributed by atoms with Crippen LogP contribution in [0.3, 0.4) is 0 Å². The highest BCUT2D eigenvalue weighted by atomic mass is 16.7. The maximum atomic E-state index is 12.3. The van der Waals surface area contributed by atoms with Crippen LogP contribution < -0.4 is 5.32 Å². The molecule has 22 heavy (non-hydrogen) atoms. The lowest BCUT2D eigenvalue weighted by atomic mass is 10.00. The highest BCUT2D eigenvalue weighted by Gasteiger charge is 2.36. The topological polar surface area (TPSA) is 84.9 Å². The Morgan fingerprint density at radius 3 is 2.27 bits per heavy atom. The fourth-order valence-electron chi connectivity index (χ4n) is 1.91. The molecule has 0 radical (unpaired) electrons. The lowest BCUT2D eigenvalue weighted by Gasteiger charge is -2.26. The minimum atomic E-state index is -0.645. The van der Waals surface area contributed by atoms with Gasteiger partial charge in [0.25, 0.3) is 11.8 Å². The first-order valence-corrected chi connectivity index (χ1v) is 7.60. The third-order valence-electron chi connectivity index (χ3n) is 3.46. The van der Waals surface area contributed by atoms with Crippen LogP contribution in [0.2, 0.25) is 0 Å². The molecule has 126 valence electrons. The van der Waals surface area contributed by atoms with Crippen molar-refractivity contribution in [2.75, 3.05) is 6.73 Å². The fraction of sp³-hybridized carbons (Fsp3) is 0.800. The maximum Gasteiger partial charge on any atom is 0.350 e. The fourth-order valence-corrected chi connectivity index (χ4v) is 1.91. The first kappa shape index (κ1) is 18.6. The number of hydroxylamine groups is 2. The molecule has 0 aromatic carbocycles. The summed E-state index contributed by atoms with van der Waals surface area (Å²) < 4.78 is 5.55. The van der Waals surface area contributed by atoms with Gasteiger partial charge in [0.1, 0.15) is 6.04 Å². The molecule has 1 aliphatic heterocycles. The first-order chi connectivity index (χ1) is 10.2.